The van der Waals surface area contributed by atoms with Gasteiger partial charge in [-0.05, 0) is 25.3 Å². The third kappa shape index (κ3) is 4.87. The second-order valence-electron chi connectivity index (χ2n) is 5.02. The van der Waals surface area contributed by atoms with Gasteiger partial charge >= 0.3 is 0 Å². The summed E-state index contributed by atoms with van der Waals surface area (Å²) in [7, 11) is 1.89. The molecule has 0 aliphatic carbocycles. The van der Waals surface area contributed by atoms with Gasteiger partial charge in [-0.2, -0.15) is 5.10 Å². The first-order valence-electron chi connectivity index (χ1n) is 6.48. The quantitative estimate of drug-likeness (QED) is 0.763. The van der Waals surface area contributed by atoms with Crippen LogP contribution in [0, 0.1) is 5.92 Å². The van der Waals surface area contributed by atoms with E-state index in [1.54, 1.807) is 10.9 Å². The molecule has 0 aliphatic rings. The van der Waals surface area contributed by atoms with E-state index in [0.717, 1.165) is 18.7 Å². The number of carbonyl (C=O) groups excluding carboxylic acids is 1. The van der Waals surface area contributed by atoms with Crippen LogP contribution in [0.15, 0.2) is 12.3 Å². The molecule has 5 nitrogen and oxygen atoms in total. The molecule has 1 rings (SSSR count). The van der Waals surface area contributed by atoms with Crippen LogP contribution >= 0.6 is 0 Å². The number of aromatic nitrogens is 2. The van der Waals surface area contributed by atoms with E-state index in [1.165, 1.54) is 0 Å². The van der Waals surface area contributed by atoms with E-state index in [4.69, 9.17) is 0 Å². The highest BCUT2D eigenvalue weighted by atomic mass is 16.2. The summed E-state index contributed by atoms with van der Waals surface area (Å²) in [5.74, 6) is 0.667. The Morgan fingerprint density at radius 1 is 1.44 bits per heavy atom. The fraction of sp³-hybridized carbons (Fsp3) is 0.692. The van der Waals surface area contributed by atoms with Crippen LogP contribution in [0.25, 0.3) is 0 Å². The van der Waals surface area contributed by atoms with Gasteiger partial charge in [-0.1, -0.05) is 13.8 Å². The summed E-state index contributed by atoms with van der Waals surface area (Å²) in [6.45, 7) is 7.57. The van der Waals surface area contributed by atoms with E-state index in [2.05, 4.69) is 29.6 Å². The van der Waals surface area contributed by atoms with Crippen molar-refractivity contribution in [2.24, 2.45) is 13.0 Å². The molecule has 1 aromatic heterocycles. The van der Waals surface area contributed by atoms with E-state index in [0.29, 0.717) is 12.5 Å². The molecule has 1 heterocycles. The molecule has 0 radical (unpaired) electrons. The van der Waals surface area contributed by atoms with Crippen molar-refractivity contribution in [3.63, 3.8) is 0 Å². The highest BCUT2D eigenvalue weighted by Crippen LogP contribution is 1.98. The lowest BCUT2D eigenvalue weighted by Gasteiger charge is -2.14. The van der Waals surface area contributed by atoms with Crippen LogP contribution in [0.4, 0.5) is 0 Å². The van der Waals surface area contributed by atoms with Crippen molar-refractivity contribution >= 4 is 5.91 Å². The van der Waals surface area contributed by atoms with Gasteiger partial charge in [0.1, 0.15) is 0 Å². The van der Waals surface area contributed by atoms with E-state index in [-0.39, 0.29) is 11.9 Å². The number of nitrogens with zero attached hydrogens (tertiary/aromatic N) is 2. The molecular weight excluding hydrogens is 228 g/mol. The van der Waals surface area contributed by atoms with E-state index < -0.39 is 0 Å². The highest BCUT2D eigenvalue weighted by Gasteiger charge is 2.12. The van der Waals surface area contributed by atoms with Crippen molar-refractivity contribution < 1.29 is 4.79 Å². The lowest BCUT2D eigenvalue weighted by atomic mass is 10.1. The predicted octanol–water partition coefficient (Wildman–Crippen LogP) is 1.06. The summed E-state index contributed by atoms with van der Waals surface area (Å²) in [6, 6.07) is 1.75. The molecule has 0 aliphatic heterocycles. The maximum atomic E-state index is 11.8. The molecule has 1 amide bonds. The summed E-state index contributed by atoms with van der Waals surface area (Å²) >= 11 is 0. The van der Waals surface area contributed by atoms with Crippen LogP contribution in [0.1, 0.15) is 32.9 Å². The molecule has 18 heavy (non-hydrogen) atoms. The number of aryl methyl sites for hydroxylation is 1. The molecule has 2 N–H and O–H groups in total. The standard InChI is InChI=1S/C13H24N4O/c1-10(2)5-7-14-13(18)11(3)15-9-12-6-8-16-17(12)4/h6,8,10-11,15H,5,7,9H2,1-4H3,(H,14,18). The Morgan fingerprint density at radius 3 is 2.72 bits per heavy atom. The monoisotopic (exact) mass is 252 g/mol. The molecular formula is C13H24N4O. The van der Waals surface area contributed by atoms with Gasteiger partial charge in [0.2, 0.25) is 5.91 Å². The number of amides is 1. The molecule has 0 bridgehead atoms. The van der Waals surface area contributed by atoms with Crippen molar-refractivity contribution in [2.75, 3.05) is 6.54 Å². The first-order chi connectivity index (χ1) is 8.50. The third-order valence-corrected chi connectivity index (χ3v) is 2.93. The average Bonchev–Trinajstić information content (AvgIpc) is 2.71. The van der Waals surface area contributed by atoms with Crippen molar-refractivity contribution in [3.05, 3.63) is 18.0 Å². The van der Waals surface area contributed by atoms with Gasteiger partial charge < -0.3 is 10.6 Å². The first kappa shape index (κ1) is 14.7. The largest absolute Gasteiger partial charge is 0.355 e. The minimum atomic E-state index is -0.188. The van der Waals surface area contributed by atoms with Crippen LogP contribution in [0.5, 0.6) is 0 Å². The normalized spacial score (nSPS) is 12.7. The van der Waals surface area contributed by atoms with Gasteiger partial charge in [0, 0.05) is 26.3 Å². The SMILES string of the molecule is CC(C)CCNC(=O)C(C)NCc1ccnn1C. The zero-order chi connectivity index (χ0) is 13.5. The number of carbonyl (C=O) groups is 1. The fourth-order valence-corrected chi connectivity index (χ4v) is 1.56. The topological polar surface area (TPSA) is 59.0 Å². The van der Waals surface area contributed by atoms with Crippen LogP contribution in [-0.4, -0.2) is 28.3 Å². The summed E-state index contributed by atoms with van der Waals surface area (Å²) in [6.07, 6.45) is 2.77. The number of rotatable bonds is 7. The van der Waals surface area contributed by atoms with E-state index in [9.17, 15) is 4.79 Å². The van der Waals surface area contributed by atoms with Gasteiger partial charge in [0.05, 0.1) is 11.7 Å². The van der Waals surface area contributed by atoms with Gasteiger partial charge in [-0.3, -0.25) is 9.48 Å². The van der Waals surface area contributed by atoms with Gasteiger partial charge in [0.15, 0.2) is 0 Å². The Labute approximate surface area is 109 Å². The molecule has 0 saturated carbocycles. The first-order valence-corrected chi connectivity index (χ1v) is 6.48. The van der Waals surface area contributed by atoms with Crippen LogP contribution < -0.4 is 10.6 Å². The van der Waals surface area contributed by atoms with Crippen LogP contribution in [0.2, 0.25) is 0 Å². The molecule has 1 atom stereocenters. The zero-order valence-corrected chi connectivity index (χ0v) is 11.7. The second kappa shape index (κ2) is 7.16. The lowest BCUT2D eigenvalue weighted by Crippen LogP contribution is -2.42. The molecule has 102 valence electrons. The predicted molar refractivity (Wildman–Crippen MR) is 72.0 cm³/mol. The second-order valence-corrected chi connectivity index (χ2v) is 5.02. The van der Waals surface area contributed by atoms with Gasteiger partial charge in [0.25, 0.3) is 0 Å². The van der Waals surface area contributed by atoms with Crippen LogP contribution in [-0.2, 0) is 18.4 Å². The number of hydrogen-bond donors (Lipinski definition) is 2. The maximum absolute atomic E-state index is 11.8. The smallest absolute Gasteiger partial charge is 0.236 e. The fourth-order valence-electron chi connectivity index (χ4n) is 1.56. The minimum absolute atomic E-state index is 0.0535. The number of hydrogen-bond acceptors (Lipinski definition) is 3. The van der Waals surface area contributed by atoms with Crippen molar-refractivity contribution in [2.45, 2.75) is 39.8 Å². The van der Waals surface area contributed by atoms with Gasteiger partial charge in [-0.15, -0.1) is 0 Å². The lowest BCUT2D eigenvalue weighted by molar-refractivity contribution is -0.122. The Bertz CT molecular complexity index is 373. The molecule has 0 spiro atoms. The van der Waals surface area contributed by atoms with E-state index >= 15 is 0 Å². The summed E-state index contributed by atoms with van der Waals surface area (Å²) < 4.78 is 1.80. The minimum Gasteiger partial charge on any atom is -0.355 e. The third-order valence-electron chi connectivity index (χ3n) is 2.93. The molecule has 0 saturated heterocycles. The average molecular weight is 252 g/mol. The highest BCUT2D eigenvalue weighted by molar-refractivity contribution is 5.81. The Hall–Kier alpha value is -1.36. The molecule has 1 aromatic rings. The van der Waals surface area contributed by atoms with Crippen molar-refractivity contribution in [1.82, 2.24) is 20.4 Å². The Balaban J connectivity index is 2.25. The van der Waals surface area contributed by atoms with Crippen LogP contribution in [0.3, 0.4) is 0 Å². The van der Waals surface area contributed by atoms with E-state index in [1.807, 2.05) is 20.0 Å². The number of nitrogens with one attached hydrogen (secondary N) is 2. The summed E-state index contributed by atoms with van der Waals surface area (Å²) in [5, 5.41) is 10.2. The molecule has 1 unspecified atom stereocenters. The van der Waals surface area contributed by atoms with Crippen molar-refractivity contribution in [3.8, 4) is 0 Å². The maximum Gasteiger partial charge on any atom is 0.236 e. The van der Waals surface area contributed by atoms with Crippen molar-refractivity contribution in [1.29, 1.82) is 0 Å². The van der Waals surface area contributed by atoms with Gasteiger partial charge in [-0.25, -0.2) is 0 Å². The molecule has 0 fully saturated rings. The molecule has 0 aromatic carbocycles. The Morgan fingerprint density at radius 2 is 2.17 bits per heavy atom. The Kier molecular flexibility index (Phi) is 5.85. The zero-order valence-electron chi connectivity index (χ0n) is 11.7. The molecule has 5 heteroatoms. The summed E-state index contributed by atoms with van der Waals surface area (Å²) in [4.78, 5) is 11.8. The summed E-state index contributed by atoms with van der Waals surface area (Å²) in [5.41, 5.74) is 1.07.